The van der Waals surface area contributed by atoms with Gasteiger partial charge in [0.05, 0.1) is 17.2 Å². The van der Waals surface area contributed by atoms with Gasteiger partial charge in [0.1, 0.15) is 6.04 Å². The Hall–Kier alpha value is -3.50. The van der Waals surface area contributed by atoms with Crippen molar-refractivity contribution in [3.05, 3.63) is 100 Å². The molecule has 0 bridgehead atoms. The highest BCUT2D eigenvalue weighted by atomic mass is 35.5. The third-order valence-electron chi connectivity index (χ3n) is 5.16. The molecule has 0 radical (unpaired) electrons. The molecule has 3 rings (SSSR count). The number of carbonyl (C=O) groups excluding carboxylic acids is 1. The van der Waals surface area contributed by atoms with Crippen molar-refractivity contribution in [2.75, 3.05) is 19.0 Å². The molecule has 3 aromatic carbocycles. The molecule has 0 spiro atoms. The molecule has 1 atom stereocenters. The molecule has 0 aliphatic heterocycles. The molecule has 170 valence electrons. The Morgan fingerprint density at radius 2 is 1.67 bits per heavy atom. The summed E-state index contributed by atoms with van der Waals surface area (Å²) in [6, 6.07) is 19.9. The predicted molar refractivity (Wildman–Crippen MR) is 122 cm³/mol. The first-order chi connectivity index (χ1) is 15.6. The molecule has 0 aliphatic carbocycles. The Bertz CT molecular complexity index is 1170. The molecule has 1 amide bonds. The Labute approximate surface area is 195 Å². The van der Waals surface area contributed by atoms with Crippen molar-refractivity contribution in [1.29, 1.82) is 5.26 Å². The zero-order valence-electron chi connectivity index (χ0n) is 18.0. The van der Waals surface area contributed by atoms with Crippen LogP contribution in [0.25, 0.3) is 0 Å². The fraction of sp³-hybridized carbons (Fsp3) is 0.200. The number of carbonyl (C=O) groups is 1. The van der Waals surface area contributed by atoms with Crippen LogP contribution in [0.15, 0.2) is 72.8 Å². The van der Waals surface area contributed by atoms with Crippen LogP contribution in [0.4, 0.5) is 18.9 Å². The first kappa shape index (κ1) is 24.1. The number of anilines is 1. The maximum absolute atomic E-state index is 13.7. The van der Waals surface area contributed by atoms with Crippen molar-refractivity contribution in [1.82, 2.24) is 4.90 Å². The summed E-state index contributed by atoms with van der Waals surface area (Å²) in [6.07, 6.45) is -4.73. The van der Waals surface area contributed by atoms with Crippen molar-refractivity contribution in [3.63, 3.8) is 0 Å². The van der Waals surface area contributed by atoms with Crippen LogP contribution in [0.2, 0.25) is 5.02 Å². The average molecular weight is 472 g/mol. The Balaban J connectivity index is 2.24. The largest absolute Gasteiger partial charge is 0.417 e. The summed E-state index contributed by atoms with van der Waals surface area (Å²) in [5.41, 5.74) is -0.147. The van der Waals surface area contributed by atoms with Gasteiger partial charge in [-0.15, -0.1) is 0 Å². The molecule has 0 saturated carbocycles. The van der Waals surface area contributed by atoms with Crippen LogP contribution in [0.5, 0.6) is 0 Å². The summed E-state index contributed by atoms with van der Waals surface area (Å²) in [7, 11) is 3.18. The second-order valence-corrected chi connectivity index (χ2v) is 8.01. The topological polar surface area (TPSA) is 47.3 Å². The van der Waals surface area contributed by atoms with Gasteiger partial charge in [-0.3, -0.25) is 4.79 Å². The minimum atomic E-state index is -4.73. The number of rotatable bonds is 6. The molecule has 1 unspecified atom stereocenters. The number of amides is 1. The second-order valence-electron chi connectivity index (χ2n) is 7.60. The Kier molecular flexibility index (Phi) is 7.29. The average Bonchev–Trinajstić information content (AvgIpc) is 2.79. The van der Waals surface area contributed by atoms with E-state index in [4.69, 9.17) is 11.6 Å². The van der Waals surface area contributed by atoms with Crippen molar-refractivity contribution < 1.29 is 18.0 Å². The van der Waals surface area contributed by atoms with Gasteiger partial charge in [0.2, 0.25) is 5.91 Å². The minimum Gasteiger partial charge on any atom is -0.351 e. The first-order valence-corrected chi connectivity index (χ1v) is 10.4. The molecule has 0 fully saturated rings. The van der Waals surface area contributed by atoms with E-state index < -0.39 is 23.3 Å². The van der Waals surface area contributed by atoms with Crippen molar-refractivity contribution in [2.45, 2.75) is 18.8 Å². The maximum atomic E-state index is 13.7. The van der Waals surface area contributed by atoms with E-state index in [-0.39, 0.29) is 18.1 Å². The zero-order chi connectivity index (χ0) is 24.2. The predicted octanol–water partition coefficient (Wildman–Crippen LogP) is 6.07. The van der Waals surface area contributed by atoms with Gasteiger partial charge in [0.25, 0.3) is 0 Å². The number of nitrogens with zero attached hydrogens (tertiary/aromatic N) is 3. The molecule has 0 N–H and O–H groups in total. The fourth-order valence-corrected chi connectivity index (χ4v) is 3.72. The summed E-state index contributed by atoms with van der Waals surface area (Å²) in [4.78, 5) is 16.3. The molecule has 0 aromatic heterocycles. The number of benzene rings is 3. The number of hydrogen-bond donors (Lipinski definition) is 0. The monoisotopic (exact) mass is 471 g/mol. The molecule has 0 heterocycles. The number of halogens is 4. The van der Waals surface area contributed by atoms with Crippen LogP contribution in [0.3, 0.4) is 0 Å². The highest BCUT2D eigenvalue weighted by Gasteiger charge is 2.36. The van der Waals surface area contributed by atoms with Crippen LogP contribution in [0, 0.1) is 11.3 Å². The second kappa shape index (κ2) is 9.97. The van der Waals surface area contributed by atoms with Gasteiger partial charge in [0.15, 0.2) is 0 Å². The third-order valence-corrected chi connectivity index (χ3v) is 5.53. The number of hydrogen-bond acceptors (Lipinski definition) is 3. The van der Waals surface area contributed by atoms with Gasteiger partial charge in [-0.05, 0) is 35.4 Å². The van der Waals surface area contributed by atoms with Crippen LogP contribution in [0.1, 0.15) is 28.3 Å². The summed E-state index contributed by atoms with van der Waals surface area (Å²) < 4.78 is 41.1. The van der Waals surface area contributed by atoms with Crippen LogP contribution < -0.4 is 4.90 Å². The molecule has 8 heteroatoms. The minimum absolute atomic E-state index is 0.0714. The lowest BCUT2D eigenvalue weighted by molar-refractivity contribution is -0.137. The fourth-order valence-electron chi connectivity index (χ4n) is 3.52. The van der Waals surface area contributed by atoms with E-state index in [2.05, 4.69) is 0 Å². The molecule has 33 heavy (non-hydrogen) atoms. The van der Waals surface area contributed by atoms with Gasteiger partial charge in [-0.2, -0.15) is 18.4 Å². The van der Waals surface area contributed by atoms with Gasteiger partial charge in [-0.1, -0.05) is 60.1 Å². The number of likely N-dealkylation sites (N-methyl/N-ethyl adjacent to an activating group) is 1. The van der Waals surface area contributed by atoms with Crippen molar-refractivity contribution >= 4 is 23.2 Å². The molecule has 0 saturated heterocycles. The smallest absolute Gasteiger partial charge is 0.351 e. The van der Waals surface area contributed by atoms with E-state index in [0.717, 1.165) is 12.1 Å². The van der Waals surface area contributed by atoms with Gasteiger partial charge >= 0.3 is 6.18 Å². The Morgan fingerprint density at radius 3 is 2.24 bits per heavy atom. The SMILES string of the molecule is CN(C)C(=O)C(c1ccccc1)N(Cc1ccccc1Cl)c1ccc(C#N)c(C(F)(F)F)c1. The van der Waals surface area contributed by atoms with Gasteiger partial charge in [0, 0.05) is 31.4 Å². The normalized spacial score (nSPS) is 12.0. The van der Waals surface area contributed by atoms with Crippen LogP contribution in [-0.2, 0) is 17.5 Å². The van der Waals surface area contributed by atoms with E-state index in [1.54, 1.807) is 79.7 Å². The molecule has 0 aliphatic rings. The highest BCUT2D eigenvalue weighted by Crippen LogP contribution is 2.38. The zero-order valence-corrected chi connectivity index (χ0v) is 18.7. The van der Waals surface area contributed by atoms with Crippen molar-refractivity contribution in [2.24, 2.45) is 0 Å². The first-order valence-electron chi connectivity index (χ1n) is 10.0. The van der Waals surface area contributed by atoms with E-state index in [9.17, 15) is 23.2 Å². The standard InChI is InChI=1S/C25H21ClF3N3O/c1-31(2)24(33)23(17-8-4-3-5-9-17)32(16-19-10-6-7-11-22(19)26)20-13-12-18(15-30)21(14-20)25(27,28)29/h3-14,23H,16H2,1-2H3. The molecule has 3 aromatic rings. The third kappa shape index (κ3) is 5.47. The number of nitriles is 1. The molecule has 4 nitrogen and oxygen atoms in total. The van der Waals surface area contributed by atoms with Crippen molar-refractivity contribution in [3.8, 4) is 6.07 Å². The summed E-state index contributed by atoms with van der Waals surface area (Å²) in [5.74, 6) is -0.314. The van der Waals surface area contributed by atoms with Crippen LogP contribution >= 0.6 is 11.6 Å². The van der Waals surface area contributed by atoms with Crippen LogP contribution in [-0.4, -0.2) is 24.9 Å². The van der Waals surface area contributed by atoms with Gasteiger partial charge < -0.3 is 9.80 Å². The van der Waals surface area contributed by atoms with E-state index >= 15 is 0 Å². The summed E-state index contributed by atoms with van der Waals surface area (Å²) >= 11 is 6.36. The summed E-state index contributed by atoms with van der Waals surface area (Å²) in [6.45, 7) is 0.0714. The number of alkyl halides is 3. The van der Waals surface area contributed by atoms with Gasteiger partial charge in [-0.25, -0.2) is 0 Å². The van der Waals surface area contributed by atoms with E-state index in [0.29, 0.717) is 16.1 Å². The lowest BCUT2D eigenvalue weighted by Crippen LogP contribution is -2.40. The molecular weight excluding hydrogens is 451 g/mol. The lowest BCUT2D eigenvalue weighted by Gasteiger charge is -2.35. The maximum Gasteiger partial charge on any atom is 0.417 e. The lowest BCUT2D eigenvalue weighted by atomic mass is 10.00. The van der Waals surface area contributed by atoms with E-state index in [1.807, 2.05) is 0 Å². The Morgan fingerprint density at radius 1 is 1.03 bits per heavy atom. The van der Waals surface area contributed by atoms with E-state index in [1.165, 1.54) is 11.0 Å². The highest BCUT2D eigenvalue weighted by molar-refractivity contribution is 6.31. The molecular formula is C25H21ClF3N3O. The summed E-state index contributed by atoms with van der Waals surface area (Å²) in [5, 5.41) is 9.62. The quantitative estimate of drug-likeness (QED) is 0.438.